The van der Waals surface area contributed by atoms with E-state index in [0.717, 1.165) is 10.0 Å². The molecule has 4 nitrogen and oxygen atoms in total. The average Bonchev–Trinajstić information content (AvgIpc) is 2.33. The molecule has 0 atom stereocenters. The topological polar surface area (TPSA) is 58.6 Å². The molecule has 0 unspecified atom stereocenters. The number of methoxy groups -OCH3 is 1. The van der Waals surface area contributed by atoms with Gasteiger partial charge >= 0.3 is 0 Å². The zero-order valence-electron chi connectivity index (χ0n) is 11.2. The third-order valence-electron chi connectivity index (χ3n) is 2.30. The highest BCUT2D eigenvalue weighted by Crippen LogP contribution is 2.23. The lowest BCUT2D eigenvalue weighted by Gasteiger charge is -2.16. The largest absolute Gasteiger partial charge is 0.496 e. The molecule has 0 aliphatic rings. The molecule has 0 aromatic heterocycles. The number of rotatable bonds is 5. The van der Waals surface area contributed by atoms with Gasteiger partial charge in [0.25, 0.3) is 0 Å². The molecule has 104 valence electrons. The lowest BCUT2D eigenvalue weighted by molar-refractivity contribution is -0.117. The molecular formula is C14H18BrNO3. The molecule has 0 saturated carbocycles. The molecule has 1 aromatic rings. The first kappa shape index (κ1) is 15.7. The summed E-state index contributed by atoms with van der Waals surface area (Å²) in [6, 6.07) is 5.54. The van der Waals surface area contributed by atoms with Crippen molar-refractivity contribution in [2.24, 2.45) is 0 Å². The van der Waals surface area contributed by atoms with E-state index in [-0.39, 0.29) is 12.5 Å². The number of carbonyl (C=O) groups is 1. The van der Waals surface area contributed by atoms with Crippen LogP contribution in [-0.4, -0.2) is 30.3 Å². The van der Waals surface area contributed by atoms with E-state index >= 15 is 0 Å². The predicted molar refractivity (Wildman–Crippen MR) is 79.0 cm³/mol. The Labute approximate surface area is 121 Å². The first-order valence-electron chi connectivity index (χ1n) is 5.83. The molecule has 0 fully saturated rings. The van der Waals surface area contributed by atoms with Crippen molar-refractivity contribution in [3.63, 3.8) is 0 Å². The molecule has 0 spiro atoms. The maximum atomic E-state index is 11.6. The van der Waals surface area contributed by atoms with Crippen LogP contribution in [0.15, 0.2) is 28.7 Å². The number of nitrogens with one attached hydrogen (secondary N) is 1. The fraction of sp³-hybridized carbons (Fsp3) is 0.357. The molecule has 2 N–H and O–H groups in total. The van der Waals surface area contributed by atoms with Crippen LogP contribution in [-0.2, 0) is 4.79 Å². The third-order valence-corrected chi connectivity index (χ3v) is 2.79. The summed E-state index contributed by atoms with van der Waals surface area (Å²) in [7, 11) is 1.58. The smallest absolute Gasteiger partial charge is 0.244 e. The van der Waals surface area contributed by atoms with Crippen molar-refractivity contribution >= 4 is 27.9 Å². The summed E-state index contributed by atoms with van der Waals surface area (Å²) in [4.78, 5) is 11.6. The SMILES string of the molecule is COc1ccc(Br)cc1C=CC(=O)NCC(C)(C)O. The van der Waals surface area contributed by atoms with Crippen molar-refractivity contribution in [1.82, 2.24) is 5.32 Å². The van der Waals surface area contributed by atoms with Crippen molar-refractivity contribution in [3.8, 4) is 5.75 Å². The molecule has 0 aliphatic carbocycles. The van der Waals surface area contributed by atoms with Gasteiger partial charge in [0.2, 0.25) is 5.91 Å². The van der Waals surface area contributed by atoms with E-state index < -0.39 is 5.60 Å². The van der Waals surface area contributed by atoms with Gasteiger partial charge in [0.05, 0.1) is 12.7 Å². The minimum atomic E-state index is -0.920. The fourth-order valence-electron chi connectivity index (χ4n) is 1.36. The minimum Gasteiger partial charge on any atom is -0.496 e. The molecule has 0 bridgehead atoms. The minimum absolute atomic E-state index is 0.200. The van der Waals surface area contributed by atoms with Crippen LogP contribution in [0.25, 0.3) is 6.08 Å². The van der Waals surface area contributed by atoms with Crippen molar-refractivity contribution in [2.75, 3.05) is 13.7 Å². The summed E-state index contributed by atoms with van der Waals surface area (Å²) in [5.41, 5.74) is -0.118. The Bertz CT molecular complexity index is 478. The molecule has 0 radical (unpaired) electrons. The van der Waals surface area contributed by atoms with E-state index in [1.54, 1.807) is 27.0 Å². The summed E-state index contributed by atoms with van der Waals surface area (Å²) < 4.78 is 6.11. The monoisotopic (exact) mass is 327 g/mol. The normalized spacial score (nSPS) is 11.6. The van der Waals surface area contributed by atoms with Gasteiger partial charge in [-0.25, -0.2) is 0 Å². The number of benzene rings is 1. The summed E-state index contributed by atoms with van der Waals surface area (Å²) >= 11 is 3.37. The van der Waals surface area contributed by atoms with Gasteiger partial charge in [0.1, 0.15) is 5.75 Å². The summed E-state index contributed by atoms with van der Waals surface area (Å²) in [6.07, 6.45) is 3.08. The molecule has 0 aliphatic heterocycles. The Morgan fingerprint density at radius 3 is 2.79 bits per heavy atom. The fourth-order valence-corrected chi connectivity index (χ4v) is 1.74. The van der Waals surface area contributed by atoms with E-state index in [1.165, 1.54) is 6.08 Å². The second-order valence-corrected chi connectivity index (χ2v) is 5.67. The lowest BCUT2D eigenvalue weighted by Crippen LogP contribution is -2.37. The molecule has 1 rings (SSSR count). The van der Waals surface area contributed by atoms with Gasteiger partial charge in [-0.3, -0.25) is 4.79 Å². The van der Waals surface area contributed by atoms with E-state index in [2.05, 4.69) is 21.2 Å². The van der Waals surface area contributed by atoms with E-state index in [1.807, 2.05) is 18.2 Å². The number of hydrogen-bond acceptors (Lipinski definition) is 3. The van der Waals surface area contributed by atoms with Crippen LogP contribution in [0.1, 0.15) is 19.4 Å². The van der Waals surface area contributed by atoms with E-state index in [0.29, 0.717) is 5.75 Å². The highest BCUT2D eigenvalue weighted by molar-refractivity contribution is 9.10. The first-order valence-corrected chi connectivity index (χ1v) is 6.63. The Balaban J connectivity index is 2.71. The zero-order chi connectivity index (χ0) is 14.5. The van der Waals surface area contributed by atoms with Gasteiger partial charge in [-0.2, -0.15) is 0 Å². The average molecular weight is 328 g/mol. The lowest BCUT2D eigenvalue weighted by atomic mass is 10.1. The van der Waals surface area contributed by atoms with Crippen molar-refractivity contribution in [2.45, 2.75) is 19.4 Å². The standard InChI is InChI=1S/C14H18BrNO3/c1-14(2,18)9-16-13(17)7-4-10-8-11(15)5-6-12(10)19-3/h4-8,18H,9H2,1-3H3,(H,16,17). The van der Waals surface area contributed by atoms with Gasteiger partial charge in [-0.15, -0.1) is 0 Å². The third kappa shape index (κ3) is 5.89. The van der Waals surface area contributed by atoms with E-state index in [9.17, 15) is 9.90 Å². The molecular weight excluding hydrogens is 310 g/mol. The molecule has 5 heteroatoms. The van der Waals surface area contributed by atoms with Gasteiger partial charge in [-0.05, 0) is 38.1 Å². The van der Waals surface area contributed by atoms with Gasteiger partial charge in [0, 0.05) is 22.7 Å². The maximum absolute atomic E-state index is 11.6. The number of hydrogen-bond donors (Lipinski definition) is 2. The van der Waals surface area contributed by atoms with Crippen molar-refractivity contribution in [3.05, 3.63) is 34.3 Å². The molecule has 1 amide bonds. The molecule has 0 heterocycles. The van der Waals surface area contributed by atoms with Crippen LogP contribution in [0, 0.1) is 0 Å². The Kier molecular flexibility index (Phi) is 5.57. The van der Waals surface area contributed by atoms with Gasteiger partial charge in [-0.1, -0.05) is 15.9 Å². The predicted octanol–water partition coefficient (Wildman–Crippen LogP) is 2.36. The van der Waals surface area contributed by atoms with Gasteiger partial charge < -0.3 is 15.2 Å². The van der Waals surface area contributed by atoms with Crippen LogP contribution in [0.2, 0.25) is 0 Å². The Morgan fingerprint density at radius 2 is 2.21 bits per heavy atom. The second kappa shape index (κ2) is 6.73. The highest BCUT2D eigenvalue weighted by Gasteiger charge is 2.12. The highest BCUT2D eigenvalue weighted by atomic mass is 79.9. The number of amides is 1. The van der Waals surface area contributed by atoms with Crippen LogP contribution in [0.4, 0.5) is 0 Å². The summed E-state index contributed by atoms with van der Waals surface area (Å²) in [5.74, 6) is 0.430. The maximum Gasteiger partial charge on any atom is 0.244 e. The second-order valence-electron chi connectivity index (χ2n) is 4.75. The van der Waals surface area contributed by atoms with Crippen molar-refractivity contribution in [1.29, 1.82) is 0 Å². The number of halogens is 1. The number of carbonyl (C=O) groups excluding carboxylic acids is 1. The Hall–Kier alpha value is -1.33. The Morgan fingerprint density at radius 1 is 1.53 bits per heavy atom. The van der Waals surface area contributed by atoms with Crippen molar-refractivity contribution < 1.29 is 14.6 Å². The number of aliphatic hydroxyl groups is 1. The number of ether oxygens (including phenoxy) is 1. The zero-order valence-corrected chi connectivity index (χ0v) is 12.8. The molecule has 1 aromatic carbocycles. The molecule has 0 saturated heterocycles. The van der Waals surface area contributed by atoms with Crippen LogP contribution < -0.4 is 10.1 Å². The first-order chi connectivity index (χ1) is 8.81. The van der Waals surface area contributed by atoms with Crippen LogP contribution >= 0.6 is 15.9 Å². The van der Waals surface area contributed by atoms with Gasteiger partial charge in [0.15, 0.2) is 0 Å². The molecule has 19 heavy (non-hydrogen) atoms. The van der Waals surface area contributed by atoms with Crippen LogP contribution in [0.3, 0.4) is 0 Å². The summed E-state index contributed by atoms with van der Waals surface area (Å²) in [5, 5.41) is 12.1. The van der Waals surface area contributed by atoms with E-state index in [4.69, 9.17) is 4.74 Å². The summed E-state index contributed by atoms with van der Waals surface area (Å²) in [6.45, 7) is 3.47. The van der Waals surface area contributed by atoms with Crippen LogP contribution in [0.5, 0.6) is 5.75 Å². The quantitative estimate of drug-likeness (QED) is 0.816.